The molecule has 0 aliphatic carbocycles. The smallest absolute Gasteiger partial charge is 0.247 e. The molecule has 1 heterocycles. The van der Waals surface area contributed by atoms with Crippen LogP contribution in [0.3, 0.4) is 0 Å². The monoisotopic (exact) mass is 264 g/mol. The number of anilines is 1. The fraction of sp³-hybridized carbons (Fsp3) is 0.385. The molecule has 1 fully saturated rings. The van der Waals surface area contributed by atoms with E-state index in [4.69, 9.17) is 9.47 Å². The molecule has 0 radical (unpaired) electrons. The van der Waals surface area contributed by atoms with Crippen LogP contribution in [0, 0.1) is 0 Å². The summed E-state index contributed by atoms with van der Waals surface area (Å²) in [5, 5.41) is 2.55. The maximum Gasteiger partial charge on any atom is 0.247 e. The van der Waals surface area contributed by atoms with Gasteiger partial charge in [0.1, 0.15) is 6.04 Å². The van der Waals surface area contributed by atoms with Crippen LogP contribution in [0.2, 0.25) is 0 Å². The molecule has 6 heteroatoms. The van der Waals surface area contributed by atoms with Crippen molar-refractivity contribution in [3.8, 4) is 11.5 Å². The number of carbonyl (C=O) groups is 2. The van der Waals surface area contributed by atoms with Crippen molar-refractivity contribution in [2.75, 3.05) is 25.7 Å². The van der Waals surface area contributed by atoms with Gasteiger partial charge in [0.05, 0.1) is 20.8 Å². The Morgan fingerprint density at radius 1 is 1.21 bits per heavy atom. The maximum atomic E-state index is 11.9. The molecule has 1 aliphatic heterocycles. The van der Waals surface area contributed by atoms with Crippen molar-refractivity contribution in [3.05, 3.63) is 18.2 Å². The van der Waals surface area contributed by atoms with E-state index in [-0.39, 0.29) is 18.4 Å². The molecule has 0 spiro atoms. The van der Waals surface area contributed by atoms with Gasteiger partial charge in [-0.15, -0.1) is 0 Å². The zero-order chi connectivity index (χ0) is 14.0. The number of nitrogens with zero attached hydrogens (tertiary/aromatic N) is 1. The molecule has 0 saturated carbocycles. The minimum absolute atomic E-state index is 0.0114. The van der Waals surface area contributed by atoms with Crippen LogP contribution >= 0.6 is 0 Å². The summed E-state index contributed by atoms with van der Waals surface area (Å²) in [6.07, 6.45) is 0. The first-order valence-electron chi connectivity index (χ1n) is 5.90. The van der Waals surface area contributed by atoms with Crippen LogP contribution in [0.4, 0.5) is 5.69 Å². The van der Waals surface area contributed by atoms with E-state index in [2.05, 4.69) is 5.32 Å². The number of amides is 2. The quantitative estimate of drug-likeness (QED) is 0.866. The first kappa shape index (κ1) is 13.2. The topological polar surface area (TPSA) is 67.9 Å². The fourth-order valence-corrected chi connectivity index (χ4v) is 2.07. The fourth-order valence-electron chi connectivity index (χ4n) is 2.07. The predicted octanol–water partition coefficient (Wildman–Crippen LogP) is 0.555. The number of hydrogen-bond donors (Lipinski definition) is 1. The molecule has 1 atom stereocenters. The van der Waals surface area contributed by atoms with E-state index in [9.17, 15) is 9.59 Å². The van der Waals surface area contributed by atoms with E-state index in [1.807, 2.05) is 0 Å². The van der Waals surface area contributed by atoms with Crippen molar-refractivity contribution >= 4 is 17.5 Å². The molecule has 2 rings (SSSR count). The summed E-state index contributed by atoms with van der Waals surface area (Å²) in [5.74, 6) is 0.771. The molecule has 6 nitrogen and oxygen atoms in total. The van der Waals surface area contributed by atoms with Crippen molar-refractivity contribution in [1.29, 1.82) is 0 Å². The Bertz CT molecular complexity index is 515. The third-order valence-electron chi connectivity index (χ3n) is 3.09. The number of ether oxygens (including phenoxy) is 2. The molecule has 2 amide bonds. The molecule has 0 aromatic heterocycles. The first-order chi connectivity index (χ1) is 9.08. The largest absolute Gasteiger partial charge is 0.493 e. The molecule has 1 N–H and O–H groups in total. The van der Waals surface area contributed by atoms with Gasteiger partial charge in [-0.3, -0.25) is 14.5 Å². The second-order valence-electron chi connectivity index (χ2n) is 4.20. The molecule has 1 unspecified atom stereocenters. The van der Waals surface area contributed by atoms with Gasteiger partial charge in [-0.1, -0.05) is 0 Å². The minimum atomic E-state index is -0.542. The van der Waals surface area contributed by atoms with E-state index in [1.54, 1.807) is 32.2 Å². The van der Waals surface area contributed by atoms with E-state index >= 15 is 0 Å². The SMILES string of the molecule is COc1ccc(N2C(=O)CNC(=O)C2C)cc1OC. The van der Waals surface area contributed by atoms with Gasteiger partial charge in [0, 0.05) is 11.8 Å². The van der Waals surface area contributed by atoms with E-state index in [0.29, 0.717) is 17.2 Å². The van der Waals surface area contributed by atoms with Crippen LogP contribution in [-0.4, -0.2) is 38.6 Å². The molecule has 19 heavy (non-hydrogen) atoms. The first-order valence-corrected chi connectivity index (χ1v) is 5.90. The lowest BCUT2D eigenvalue weighted by Gasteiger charge is -2.33. The third-order valence-corrected chi connectivity index (χ3v) is 3.09. The summed E-state index contributed by atoms with van der Waals surface area (Å²) in [7, 11) is 3.06. The molecule has 1 aromatic carbocycles. The van der Waals surface area contributed by atoms with Crippen molar-refractivity contribution in [2.45, 2.75) is 13.0 Å². The highest BCUT2D eigenvalue weighted by Gasteiger charge is 2.32. The van der Waals surface area contributed by atoms with Crippen LogP contribution in [0.5, 0.6) is 11.5 Å². The second kappa shape index (κ2) is 5.17. The number of methoxy groups -OCH3 is 2. The Kier molecular flexibility index (Phi) is 3.59. The van der Waals surface area contributed by atoms with Gasteiger partial charge in [0.25, 0.3) is 0 Å². The number of carbonyl (C=O) groups excluding carboxylic acids is 2. The predicted molar refractivity (Wildman–Crippen MR) is 69.5 cm³/mol. The average Bonchev–Trinajstić information content (AvgIpc) is 2.43. The Hall–Kier alpha value is -2.24. The molecular weight excluding hydrogens is 248 g/mol. The number of piperazine rings is 1. The highest BCUT2D eigenvalue weighted by molar-refractivity contribution is 6.06. The molecule has 1 saturated heterocycles. The Balaban J connectivity index is 2.39. The number of hydrogen-bond acceptors (Lipinski definition) is 4. The summed E-state index contributed by atoms with van der Waals surface area (Å²) < 4.78 is 10.3. The molecule has 102 valence electrons. The number of benzene rings is 1. The van der Waals surface area contributed by atoms with Gasteiger partial charge in [-0.25, -0.2) is 0 Å². The van der Waals surface area contributed by atoms with Crippen molar-refractivity contribution in [2.24, 2.45) is 0 Å². The Morgan fingerprint density at radius 3 is 2.53 bits per heavy atom. The van der Waals surface area contributed by atoms with Crippen LogP contribution in [0.1, 0.15) is 6.92 Å². The van der Waals surface area contributed by atoms with E-state index < -0.39 is 6.04 Å². The van der Waals surface area contributed by atoms with E-state index in [0.717, 1.165) is 0 Å². The standard InChI is InChI=1S/C13H16N2O4/c1-8-13(17)14-7-12(16)15(8)9-4-5-10(18-2)11(6-9)19-3/h4-6,8H,7H2,1-3H3,(H,14,17). The summed E-state index contributed by atoms with van der Waals surface area (Å²) in [6, 6.07) is 4.58. The van der Waals surface area contributed by atoms with Gasteiger partial charge in [0.15, 0.2) is 11.5 Å². The lowest BCUT2D eigenvalue weighted by molar-refractivity contribution is -0.130. The van der Waals surface area contributed by atoms with Crippen molar-refractivity contribution < 1.29 is 19.1 Å². The van der Waals surface area contributed by atoms with Gasteiger partial charge in [-0.2, -0.15) is 0 Å². The average molecular weight is 264 g/mol. The number of nitrogens with one attached hydrogen (secondary N) is 1. The molecular formula is C13H16N2O4. The maximum absolute atomic E-state index is 11.9. The van der Waals surface area contributed by atoms with Gasteiger partial charge >= 0.3 is 0 Å². The summed E-state index contributed by atoms with van der Waals surface area (Å²) in [4.78, 5) is 25.0. The molecule has 0 bridgehead atoms. The minimum Gasteiger partial charge on any atom is -0.493 e. The molecule has 1 aliphatic rings. The lowest BCUT2D eigenvalue weighted by Crippen LogP contribution is -2.57. The van der Waals surface area contributed by atoms with Crippen molar-refractivity contribution in [1.82, 2.24) is 5.32 Å². The van der Waals surface area contributed by atoms with Gasteiger partial charge < -0.3 is 14.8 Å². The van der Waals surface area contributed by atoms with Crippen LogP contribution in [0.25, 0.3) is 0 Å². The normalized spacial score (nSPS) is 19.1. The second-order valence-corrected chi connectivity index (χ2v) is 4.20. The van der Waals surface area contributed by atoms with Crippen molar-refractivity contribution in [3.63, 3.8) is 0 Å². The highest BCUT2D eigenvalue weighted by Crippen LogP contribution is 2.32. The lowest BCUT2D eigenvalue weighted by atomic mass is 10.1. The van der Waals surface area contributed by atoms with Gasteiger partial charge in [-0.05, 0) is 19.1 Å². The molecule has 1 aromatic rings. The van der Waals surface area contributed by atoms with Crippen LogP contribution in [-0.2, 0) is 9.59 Å². The third kappa shape index (κ3) is 2.33. The number of rotatable bonds is 3. The zero-order valence-corrected chi connectivity index (χ0v) is 11.1. The van der Waals surface area contributed by atoms with Crippen LogP contribution in [0.15, 0.2) is 18.2 Å². The Labute approximate surface area is 111 Å². The van der Waals surface area contributed by atoms with Gasteiger partial charge in [0.2, 0.25) is 11.8 Å². The van der Waals surface area contributed by atoms with Crippen LogP contribution < -0.4 is 19.7 Å². The summed E-state index contributed by atoms with van der Waals surface area (Å²) in [6.45, 7) is 1.70. The summed E-state index contributed by atoms with van der Waals surface area (Å²) in [5.41, 5.74) is 0.616. The zero-order valence-electron chi connectivity index (χ0n) is 11.1. The van der Waals surface area contributed by atoms with E-state index in [1.165, 1.54) is 12.0 Å². The highest BCUT2D eigenvalue weighted by atomic mass is 16.5. The summed E-state index contributed by atoms with van der Waals surface area (Å²) >= 11 is 0. The Morgan fingerprint density at radius 2 is 1.89 bits per heavy atom.